The van der Waals surface area contributed by atoms with Gasteiger partial charge >= 0.3 is 45.5 Å². The first-order valence-corrected chi connectivity index (χ1v) is 10.4. The summed E-state index contributed by atoms with van der Waals surface area (Å²) >= 11 is 3.88. The van der Waals surface area contributed by atoms with E-state index in [1.165, 1.54) is 36.4 Å². The van der Waals surface area contributed by atoms with Gasteiger partial charge in [-0.25, -0.2) is 16.8 Å². The van der Waals surface area contributed by atoms with E-state index in [1.54, 1.807) is 12.1 Å². The van der Waals surface area contributed by atoms with Crippen molar-refractivity contribution in [1.82, 2.24) is 0 Å². The fourth-order valence-corrected chi connectivity index (χ4v) is 3.79. The molecule has 0 heterocycles. The van der Waals surface area contributed by atoms with Gasteiger partial charge in [-0.05, 0) is 81.6 Å². The van der Waals surface area contributed by atoms with Crippen LogP contribution < -0.4 is 0 Å². The maximum atomic E-state index is 10.4. The second kappa shape index (κ2) is 10.4. The van der Waals surface area contributed by atoms with Gasteiger partial charge in [-0.2, -0.15) is 0 Å². The van der Waals surface area contributed by atoms with E-state index < -0.39 is 20.2 Å². The first kappa shape index (κ1) is 24.2. The zero-order valence-electron chi connectivity index (χ0n) is 11.3. The van der Waals surface area contributed by atoms with Crippen molar-refractivity contribution in [3.05, 3.63) is 55.7 Å². The zero-order chi connectivity index (χ0) is 17.0. The molecule has 0 saturated carbocycles. The van der Waals surface area contributed by atoms with E-state index in [9.17, 15) is 25.9 Å². The van der Waals surface area contributed by atoms with Crippen molar-refractivity contribution in [2.45, 2.75) is 9.79 Å². The molecule has 0 aliphatic rings. The third-order valence-corrected chi connectivity index (χ3v) is 5.17. The third kappa shape index (κ3) is 9.46. The molecular formula is C12H8I2O6S2Sr. The van der Waals surface area contributed by atoms with E-state index in [0.717, 1.165) is 7.14 Å². The molecule has 6 nitrogen and oxygen atoms in total. The Kier molecular flexibility index (Phi) is 10.9. The summed E-state index contributed by atoms with van der Waals surface area (Å²) in [7, 11) is -8.56. The fourth-order valence-electron chi connectivity index (χ4n) is 1.25. The molecular weight excluding hydrogens is 646 g/mol. The van der Waals surface area contributed by atoms with Crippen LogP contribution in [0.2, 0.25) is 0 Å². The zero-order valence-corrected chi connectivity index (χ0v) is 20.8. The summed E-state index contributed by atoms with van der Waals surface area (Å²) in [5, 5.41) is 0. The molecule has 0 unspecified atom stereocenters. The number of rotatable bonds is 2. The van der Waals surface area contributed by atoms with Crippen LogP contribution in [0.1, 0.15) is 0 Å². The maximum Gasteiger partial charge on any atom is 2.00 e. The third-order valence-electron chi connectivity index (χ3n) is 2.17. The minimum atomic E-state index is -4.28. The smallest absolute Gasteiger partial charge is 0.744 e. The maximum absolute atomic E-state index is 10.4. The van der Waals surface area contributed by atoms with Crippen LogP contribution in [0.4, 0.5) is 0 Å². The predicted octanol–water partition coefficient (Wildman–Crippen LogP) is 2.01. The quantitative estimate of drug-likeness (QED) is 0.279. The van der Waals surface area contributed by atoms with Crippen molar-refractivity contribution in [3.8, 4) is 0 Å². The van der Waals surface area contributed by atoms with Gasteiger partial charge in [0.1, 0.15) is 20.2 Å². The summed E-state index contributed by atoms with van der Waals surface area (Å²) in [6.45, 7) is 0. The predicted molar refractivity (Wildman–Crippen MR) is 100.0 cm³/mol. The molecule has 2 rings (SSSR count). The van der Waals surface area contributed by atoms with E-state index in [0.29, 0.717) is 0 Å². The Morgan fingerprint density at radius 3 is 1.17 bits per heavy atom. The molecule has 0 fully saturated rings. The Morgan fingerprint density at radius 1 is 0.696 bits per heavy atom. The summed E-state index contributed by atoms with van der Waals surface area (Å²) < 4.78 is 64.0. The topological polar surface area (TPSA) is 114 Å². The molecule has 0 aliphatic carbocycles. The minimum Gasteiger partial charge on any atom is -0.744 e. The van der Waals surface area contributed by atoms with Gasteiger partial charge in [0.05, 0.1) is 9.79 Å². The largest absolute Gasteiger partial charge is 2.00 e. The molecule has 0 aromatic heterocycles. The molecule has 0 N–H and O–H groups in total. The van der Waals surface area contributed by atoms with Crippen molar-refractivity contribution in [2.24, 2.45) is 0 Å². The summed E-state index contributed by atoms with van der Waals surface area (Å²) in [5.41, 5.74) is 0. The summed E-state index contributed by atoms with van der Waals surface area (Å²) in [6, 6.07) is 11.7. The van der Waals surface area contributed by atoms with Gasteiger partial charge in [-0.15, -0.1) is 0 Å². The Hall–Kier alpha value is 1.20. The van der Waals surface area contributed by atoms with Crippen LogP contribution in [-0.4, -0.2) is 71.4 Å². The Bertz CT molecular complexity index is 795. The second-order valence-electron chi connectivity index (χ2n) is 3.82. The number of hydrogen-bond acceptors (Lipinski definition) is 6. The molecule has 0 radical (unpaired) electrons. The van der Waals surface area contributed by atoms with Crippen LogP contribution in [0.25, 0.3) is 0 Å². The SMILES string of the molecule is O=S(=O)([O-])c1cccc(I)c1.O=S(=O)([O-])c1cccc(I)c1.[Sr+2]. The normalized spacial score (nSPS) is 11.0. The monoisotopic (exact) mass is 654 g/mol. The van der Waals surface area contributed by atoms with Crippen molar-refractivity contribution < 1.29 is 25.9 Å². The molecule has 0 spiro atoms. The average molecular weight is 654 g/mol. The van der Waals surface area contributed by atoms with Gasteiger partial charge in [0.15, 0.2) is 0 Å². The van der Waals surface area contributed by atoms with E-state index >= 15 is 0 Å². The molecule has 2 aromatic carbocycles. The van der Waals surface area contributed by atoms with Crippen LogP contribution >= 0.6 is 45.2 Å². The standard InChI is InChI=1S/2C6H5IO3S.Sr/c2*7-5-2-1-3-6(4-5)11(8,9)10;/h2*1-4H,(H,8,9,10);/q;;+2/p-2. The molecule has 11 heteroatoms. The van der Waals surface area contributed by atoms with E-state index in [4.69, 9.17) is 0 Å². The van der Waals surface area contributed by atoms with Crippen LogP contribution in [0, 0.1) is 7.14 Å². The van der Waals surface area contributed by atoms with Crippen LogP contribution in [-0.2, 0) is 20.2 Å². The van der Waals surface area contributed by atoms with Crippen molar-refractivity contribution in [2.75, 3.05) is 0 Å². The Balaban J connectivity index is 0.000000403. The van der Waals surface area contributed by atoms with Gasteiger partial charge in [0.25, 0.3) is 0 Å². The number of benzene rings is 2. The van der Waals surface area contributed by atoms with Gasteiger partial charge in [0, 0.05) is 7.14 Å². The van der Waals surface area contributed by atoms with Crippen molar-refractivity contribution in [1.29, 1.82) is 0 Å². The van der Waals surface area contributed by atoms with Crippen LogP contribution in [0.15, 0.2) is 58.3 Å². The second-order valence-corrected chi connectivity index (χ2v) is 9.07. The average Bonchev–Trinajstić information content (AvgIpc) is 2.37. The van der Waals surface area contributed by atoms with Gasteiger partial charge in [-0.3, -0.25) is 0 Å². The number of hydrogen-bond donors (Lipinski definition) is 0. The first-order chi connectivity index (χ1) is 10.00. The van der Waals surface area contributed by atoms with Gasteiger partial charge in [0.2, 0.25) is 0 Å². The first-order valence-electron chi connectivity index (χ1n) is 5.43. The minimum absolute atomic E-state index is 0. The Labute approximate surface area is 199 Å². The molecule has 0 atom stereocenters. The molecule has 2 aromatic rings. The van der Waals surface area contributed by atoms with Crippen molar-refractivity contribution >= 4 is 111 Å². The van der Waals surface area contributed by atoms with Crippen LogP contribution in [0.3, 0.4) is 0 Å². The summed E-state index contributed by atoms with van der Waals surface area (Å²) in [4.78, 5) is -0.353. The number of halogens is 2. The molecule has 23 heavy (non-hydrogen) atoms. The molecule has 120 valence electrons. The molecule has 0 saturated heterocycles. The summed E-state index contributed by atoms with van der Waals surface area (Å²) in [5.74, 6) is 0. The van der Waals surface area contributed by atoms with Crippen LogP contribution in [0.5, 0.6) is 0 Å². The van der Waals surface area contributed by atoms with Gasteiger partial charge < -0.3 is 9.11 Å². The molecule has 0 bridgehead atoms. The molecule has 0 aliphatic heterocycles. The van der Waals surface area contributed by atoms with E-state index in [1.807, 2.05) is 45.2 Å². The Morgan fingerprint density at radius 2 is 1.00 bits per heavy atom. The molecule has 0 amide bonds. The van der Waals surface area contributed by atoms with E-state index in [2.05, 4.69) is 0 Å². The van der Waals surface area contributed by atoms with Gasteiger partial charge in [-0.1, -0.05) is 12.1 Å². The van der Waals surface area contributed by atoms with Crippen molar-refractivity contribution in [3.63, 3.8) is 0 Å². The fraction of sp³-hybridized carbons (Fsp3) is 0. The van der Waals surface area contributed by atoms with E-state index in [-0.39, 0.29) is 55.3 Å². The summed E-state index contributed by atoms with van der Waals surface area (Å²) in [6.07, 6.45) is 0.